The number of hydrogen-bond donors (Lipinski definition) is 1. The fourth-order valence-electron chi connectivity index (χ4n) is 3.36. The monoisotopic (exact) mass is 375 g/mol. The number of phenolic OH excluding ortho intramolecular Hbond substituents is 1. The molecule has 1 aromatic heterocycles. The van der Waals surface area contributed by atoms with Crippen LogP contribution in [0.25, 0.3) is 22.3 Å². The largest absolute Gasteiger partial charge is 0.505 e. The lowest BCUT2D eigenvalue weighted by Crippen LogP contribution is -2.36. The zero-order valence-electron chi connectivity index (χ0n) is 14.2. The van der Waals surface area contributed by atoms with Crippen LogP contribution in [0.1, 0.15) is 12.8 Å². The number of phenols is 1. The van der Waals surface area contributed by atoms with Crippen molar-refractivity contribution >= 4 is 16.7 Å². The number of nitrogens with zero attached hydrogens (tertiary/aromatic N) is 1. The third-order valence-electron chi connectivity index (χ3n) is 4.78. The fourth-order valence-corrected chi connectivity index (χ4v) is 3.36. The Kier molecular flexibility index (Phi) is 4.30. The summed E-state index contributed by atoms with van der Waals surface area (Å²) < 4.78 is 47.5. The second-order valence-corrected chi connectivity index (χ2v) is 6.58. The number of piperidine rings is 1. The summed E-state index contributed by atoms with van der Waals surface area (Å²) in [6.45, 7) is 1.02. The van der Waals surface area contributed by atoms with Gasteiger partial charge in [-0.05, 0) is 49.2 Å². The van der Waals surface area contributed by atoms with Crippen LogP contribution in [0.2, 0.25) is 0 Å². The van der Waals surface area contributed by atoms with Crippen molar-refractivity contribution in [1.29, 1.82) is 0 Å². The number of benzene rings is 2. The van der Waals surface area contributed by atoms with E-state index in [9.17, 15) is 23.1 Å². The summed E-state index contributed by atoms with van der Waals surface area (Å²) in [7, 11) is 0. The molecule has 3 aromatic rings. The van der Waals surface area contributed by atoms with E-state index in [0.717, 1.165) is 30.8 Å². The average molecular weight is 375 g/mol. The molecule has 2 aromatic carbocycles. The topological polar surface area (TPSA) is 53.7 Å². The Morgan fingerprint density at radius 3 is 2.52 bits per heavy atom. The molecule has 1 aliphatic heterocycles. The molecule has 0 unspecified atom stereocenters. The second-order valence-electron chi connectivity index (χ2n) is 6.58. The van der Waals surface area contributed by atoms with Gasteiger partial charge in [0.05, 0.1) is 5.39 Å². The summed E-state index contributed by atoms with van der Waals surface area (Å²) in [6, 6.07) is 8.50. The third kappa shape index (κ3) is 3.03. The molecule has 1 aliphatic rings. The first-order valence-electron chi connectivity index (χ1n) is 8.59. The van der Waals surface area contributed by atoms with Gasteiger partial charge in [0.25, 0.3) is 0 Å². The van der Waals surface area contributed by atoms with E-state index in [-0.39, 0.29) is 10.9 Å². The third-order valence-corrected chi connectivity index (χ3v) is 4.78. The van der Waals surface area contributed by atoms with Crippen molar-refractivity contribution in [2.45, 2.75) is 19.0 Å². The fraction of sp³-hybridized carbons (Fsp3) is 0.250. The maximum atomic E-state index is 14.5. The van der Waals surface area contributed by atoms with E-state index in [1.54, 1.807) is 12.1 Å². The summed E-state index contributed by atoms with van der Waals surface area (Å²) in [5.74, 6) is -3.36. The van der Waals surface area contributed by atoms with Crippen LogP contribution in [0.5, 0.6) is 5.75 Å². The lowest BCUT2D eigenvalue weighted by molar-refractivity contribution is 0.287. The van der Waals surface area contributed by atoms with E-state index >= 15 is 0 Å². The SMILES string of the molecule is O=c1c(F)c(-c2ccc(N3CCC[C@H](F)C3)cc2)oc2c(F)c(O)ccc12. The normalized spacial score (nSPS) is 17.4. The van der Waals surface area contributed by atoms with Gasteiger partial charge in [-0.3, -0.25) is 4.79 Å². The van der Waals surface area contributed by atoms with Crippen molar-refractivity contribution in [3.63, 3.8) is 0 Å². The predicted molar refractivity (Wildman–Crippen MR) is 95.8 cm³/mol. The molecule has 0 amide bonds. The zero-order valence-corrected chi connectivity index (χ0v) is 14.2. The molecular weight excluding hydrogens is 359 g/mol. The molecule has 0 saturated carbocycles. The first-order valence-corrected chi connectivity index (χ1v) is 8.59. The molecule has 0 radical (unpaired) electrons. The van der Waals surface area contributed by atoms with Gasteiger partial charge in [0.1, 0.15) is 6.17 Å². The molecule has 1 N–H and O–H groups in total. The Morgan fingerprint density at radius 2 is 1.81 bits per heavy atom. The molecule has 140 valence electrons. The molecule has 0 spiro atoms. The van der Waals surface area contributed by atoms with E-state index in [0.29, 0.717) is 13.0 Å². The molecular formula is C20H16F3NO3. The van der Waals surface area contributed by atoms with Crippen LogP contribution < -0.4 is 10.3 Å². The molecule has 4 rings (SSSR count). The van der Waals surface area contributed by atoms with Crippen LogP contribution in [0.3, 0.4) is 0 Å². The van der Waals surface area contributed by atoms with Crippen LogP contribution >= 0.6 is 0 Å². The van der Waals surface area contributed by atoms with Crippen LogP contribution in [-0.2, 0) is 0 Å². The lowest BCUT2D eigenvalue weighted by atomic mass is 10.1. The van der Waals surface area contributed by atoms with Gasteiger partial charge in [0, 0.05) is 24.3 Å². The molecule has 0 aliphatic carbocycles. The van der Waals surface area contributed by atoms with Gasteiger partial charge in [0.2, 0.25) is 17.1 Å². The van der Waals surface area contributed by atoms with Gasteiger partial charge in [0.15, 0.2) is 17.1 Å². The lowest BCUT2D eigenvalue weighted by Gasteiger charge is -2.31. The molecule has 7 heteroatoms. The summed E-state index contributed by atoms with van der Waals surface area (Å²) in [5.41, 5.74) is -0.498. The highest BCUT2D eigenvalue weighted by atomic mass is 19.1. The first-order chi connectivity index (χ1) is 13.0. The standard InChI is InChI=1S/C20H16F3NO3/c21-12-2-1-9-24(10-12)13-5-3-11(4-6-13)19-17(23)18(26)14-7-8-15(25)16(22)20(14)27-19/h3-8,12,25H,1-2,9-10H2/t12-/m0/s1. The summed E-state index contributed by atoms with van der Waals surface area (Å²) in [6.07, 6.45) is 0.408. The number of fused-ring (bicyclic) bond motifs is 1. The average Bonchev–Trinajstić information content (AvgIpc) is 2.68. The second kappa shape index (κ2) is 6.64. The Bertz CT molecular complexity index is 1060. The van der Waals surface area contributed by atoms with Gasteiger partial charge in [-0.2, -0.15) is 8.78 Å². The maximum Gasteiger partial charge on any atom is 0.229 e. The van der Waals surface area contributed by atoms with Crippen molar-refractivity contribution in [2.24, 2.45) is 0 Å². The first kappa shape index (κ1) is 17.5. The molecule has 1 saturated heterocycles. The number of hydrogen-bond acceptors (Lipinski definition) is 4. The Balaban J connectivity index is 1.77. The Morgan fingerprint density at radius 1 is 1.07 bits per heavy atom. The summed E-state index contributed by atoms with van der Waals surface area (Å²) in [5, 5.41) is 9.19. The molecule has 2 heterocycles. The Hall–Kier alpha value is -2.96. The minimum absolute atomic E-state index is 0.242. The highest BCUT2D eigenvalue weighted by molar-refractivity contribution is 5.81. The molecule has 27 heavy (non-hydrogen) atoms. The zero-order chi connectivity index (χ0) is 19.1. The minimum atomic E-state index is -1.14. The minimum Gasteiger partial charge on any atom is -0.505 e. The van der Waals surface area contributed by atoms with E-state index in [1.807, 2.05) is 4.90 Å². The number of rotatable bonds is 2. The van der Waals surface area contributed by atoms with Crippen molar-refractivity contribution in [2.75, 3.05) is 18.0 Å². The van der Waals surface area contributed by atoms with E-state index in [2.05, 4.69) is 0 Å². The molecule has 1 atom stereocenters. The van der Waals surface area contributed by atoms with Crippen LogP contribution in [0.15, 0.2) is 45.6 Å². The van der Waals surface area contributed by atoms with Gasteiger partial charge in [-0.15, -0.1) is 0 Å². The van der Waals surface area contributed by atoms with E-state index in [1.165, 1.54) is 12.1 Å². The smallest absolute Gasteiger partial charge is 0.229 e. The van der Waals surface area contributed by atoms with E-state index < -0.39 is 40.3 Å². The number of anilines is 1. The van der Waals surface area contributed by atoms with Gasteiger partial charge in [-0.1, -0.05) is 0 Å². The van der Waals surface area contributed by atoms with Crippen LogP contribution in [0.4, 0.5) is 18.9 Å². The molecule has 0 bridgehead atoms. The van der Waals surface area contributed by atoms with Crippen LogP contribution in [0, 0.1) is 11.6 Å². The van der Waals surface area contributed by atoms with Crippen molar-refractivity contribution in [3.05, 3.63) is 58.3 Å². The van der Waals surface area contributed by atoms with Gasteiger partial charge >= 0.3 is 0 Å². The predicted octanol–water partition coefficient (Wildman–Crippen LogP) is 4.38. The van der Waals surface area contributed by atoms with Crippen molar-refractivity contribution < 1.29 is 22.7 Å². The highest BCUT2D eigenvalue weighted by Crippen LogP contribution is 2.31. The van der Waals surface area contributed by atoms with Gasteiger partial charge < -0.3 is 14.4 Å². The number of halogens is 3. The molecule has 4 nitrogen and oxygen atoms in total. The quantitative estimate of drug-likeness (QED) is 0.722. The van der Waals surface area contributed by atoms with E-state index in [4.69, 9.17) is 4.42 Å². The Labute approximate surface area is 152 Å². The number of alkyl halides is 1. The van der Waals surface area contributed by atoms with Crippen LogP contribution in [-0.4, -0.2) is 24.4 Å². The highest BCUT2D eigenvalue weighted by Gasteiger charge is 2.22. The van der Waals surface area contributed by atoms with Crippen molar-refractivity contribution in [3.8, 4) is 17.1 Å². The van der Waals surface area contributed by atoms with Gasteiger partial charge in [-0.25, -0.2) is 4.39 Å². The summed E-state index contributed by atoms with van der Waals surface area (Å²) >= 11 is 0. The maximum absolute atomic E-state index is 14.5. The number of aromatic hydroxyl groups is 1. The van der Waals surface area contributed by atoms with Crippen molar-refractivity contribution in [1.82, 2.24) is 0 Å². The molecule has 1 fully saturated rings. The summed E-state index contributed by atoms with van der Waals surface area (Å²) in [4.78, 5) is 14.1.